The fourth-order valence-corrected chi connectivity index (χ4v) is 3.89. The lowest BCUT2D eigenvalue weighted by atomic mass is 9.97. The third-order valence-corrected chi connectivity index (χ3v) is 5.54. The van der Waals surface area contributed by atoms with Crippen LogP contribution in [0.5, 0.6) is 5.75 Å². The molecular weight excluding hydrogens is 370 g/mol. The van der Waals surface area contributed by atoms with Gasteiger partial charge in [-0.05, 0) is 61.2 Å². The van der Waals surface area contributed by atoms with Crippen LogP contribution in [0.15, 0.2) is 45.6 Å². The fourth-order valence-electron chi connectivity index (χ4n) is 3.89. The normalized spacial score (nSPS) is 15.9. The first-order valence-electron chi connectivity index (χ1n) is 9.59. The van der Waals surface area contributed by atoms with Gasteiger partial charge < -0.3 is 19.2 Å². The molecule has 0 spiro atoms. The number of aryl methyl sites for hydroxylation is 2. The van der Waals surface area contributed by atoms with Gasteiger partial charge in [-0.15, -0.1) is 0 Å². The average Bonchev–Trinajstić information content (AvgIpc) is 2.97. The van der Waals surface area contributed by atoms with Gasteiger partial charge in [0, 0.05) is 20.3 Å². The van der Waals surface area contributed by atoms with Crippen LogP contribution in [0.4, 0.5) is 0 Å². The Balaban J connectivity index is 1.93. The minimum Gasteiger partial charge on any atom is -0.508 e. The Hall–Kier alpha value is -3.12. The summed E-state index contributed by atoms with van der Waals surface area (Å²) in [7, 11) is 1.61. The lowest BCUT2D eigenvalue weighted by Crippen LogP contribution is -2.31. The number of ether oxygens (including phenoxy) is 1. The van der Waals surface area contributed by atoms with Crippen molar-refractivity contribution in [2.45, 2.75) is 26.3 Å². The summed E-state index contributed by atoms with van der Waals surface area (Å²) in [6, 6.07) is 9.65. The van der Waals surface area contributed by atoms with Gasteiger partial charge in [-0.1, -0.05) is 12.1 Å². The Labute approximate surface area is 168 Å². The fraction of sp³-hybridized carbons (Fsp3) is 0.304. The maximum Gasteiger partial charge on any atom is 0.290 e. The van der Waals surface area contributed by atoms with Gasteiger partial charge in [0.05, 0.1) is 17.0 Å². The van der Waals surface area contributed by atoms with Gasteiger partial charge in [-0.2, -0.15) is 0 Å². The van der Waals surface area contributed by atoms with Gasteiger partial charge in [-0.3, -0.25) is 9.59 Å². The van der Waals surface area contributed by atoms with E-state index in [4.69, 9.17) is 9.15 Å². The first-order valence-corrected chi connectivity index (χ1v) is 9.59. The second-order valence-electron chi connectivity index (χ2n) is 7.45. The highest BCUT2D eigenvalue weighted by Gasteiger charge is 2.42. The molecule has 6 heteroatoms. The van der Waals surface area contributed by atoms with E-state index < -0.39 is 6.04 Å². The van der Waals surface area contributed by atoms with Gasteiger partial charge in [-0.25, -0.2) is 0 Å². The minimum absolute atomic E-state index is 0.0984. The molecule has 1 unspecified atom stereocenters. The molecule has 0 radical (unpaired) electrons. The zero-order chi connectivity index (χ0) is 20.7. The van der Waals surface area contributed by atoms with Crippen molar-refractivity contribution in [3.63, 3.8) is 0 Å². The number of phenolic OH excluding ortho intramolecular Hbond substituents is 1. The monoisotopic (exact) mass is 393 g/mol. The van der Waals surface area contributed by atoms with E-state index in [1.807, 2.05) is 26.0 Å². The highest BCUT2D eigenvalue weighted by atomic mass is 16.5. The Morgan fingerprint density at radius 2 is 1.79 bits per heavy atom. The molecule has 3 aromatic rings. The molecule has 2 aromatic carbocycles. The van der Waals surface area contributed by atoms with E-state index >= 15 is 0 Å². The summed E-state index contributed by atoms with van der Waals surface area (Å²) in [5.74, 6) is -0.0754. The van der Waals surface area contributed by atoms with Crippen molar-refractivity contribution in [3.8, 4) is 5.75 Å². The molecule has 1 amide bonds. The number of carbonyl (C=O) groups excluding carboxylic acids is 1. The molecule has 6 nitrogen and oxygen atoms in total. The quantitative estimate of drug-likeness (QED) is 0.669. The molecule has 0 saturated carbocycles. The van der Waals surface area contributed by atoms with Gasteiger partial charge in [0.2, 0.25) is 5.76 Å². The van der Waals surface area contributed by atoms with Crippen LogP contribution in [0, 0.1) is 13.8 Å². The molecule has 0 fully saturated rings. The van der Waals surface area contributed by atoms with E-state index in [2.05, 4.69) is 0 Å². The van der Waals surface area contributed by atoms with Gasteiger partial charge in [0.15, 0.2) is 5.43 Å². The van der Waals surface area contributed by atoms with Crippen molar-refractivity contribution < 1.29 is 19.1 Å². The molecule has 1 N–H and O–H groups in total. The molecule has 29 heavy (non-hydrogen) atoms. The summed E-state index contributed by atoms with van der Waals surface area (Å²) in [5, 5.41) is 10.1. The van der Waals surface area contributed by atoms with Crippen LogP contribution in [0.2, 0.25) is 0 Å². The largest absolute Gasteiger partial charge is 0.508 e. The standard InChI is InChI=1S/C23H23NO5/c1-13-11-17-18(12-14(13)2)29-22-19(21(17)26)20(15-5-7-16(25)8-6-15)24(23(22)27)9-4-10-28-3/h5-8,11-12,20,25H,4,9-10H2,1-3H3. The van der Waals surface area contributed by atoms with Crippen LogP contribution in [-0.2, 0) is 4.74 Å². The Morgan fingerprint density at radius 1 is 1.10 bits per heavy atom. The van der Waals surface area contributed by atoms with E-state index in [1.165, 1.54) is 0 Å². The van der Waals surface area contributed by atoms with Crippen LogP contribution < -0.4 is 5.43 Å². The van der Waals surface area contributed by atoms with Crippen LogP contribution in [0.1, 0.15) is 45.3 Å². The van der Waals surface area contributed by atoms with E-state index in [0.29, 0.717) is 36.1 Å². The first-order chi connectivity index (χ1) is 13.9. The highest BCUT2D eigenvalue weighted by Crippen LogP contribution is 2.38. The lowest BCUT2D eigenvalue weighted by molar-refractivity contribution is 0.0708. The molecular formula is C23H23NO5. The van der Waals surface area contributed by atoms with Crippen LogP contribution in [0.3, 0.4) is 0 Å². The summed E-state index contributed by atoms with van der Waals surface area (Å²) in [5.41, 5.74) is 3.33. The number of methoxy groups -OCH3 is 1. The molecule has 4 rings (SSSR count). The smallest absolute Gasteiger partial charge is 0.290 e. The van der Waals surface area contributed by atoms with Crippen molar-refractivity contribution >= 4 is 16.9 Å². The number of amides is 1. The number of nitrogens with zero attached hydrogens (tertiary/aromatic N) is 1. The second-order valence-corrected chi connectivity index (χ2v) is 7.45. The number of aromatic hydroxyl groups is 1. The third kappa shape index (κ3) is 3.19. The van der Waals surface area contributed by atoms with Gasteiger partial charge in [0.25, 0.3) is 5.91 Å². The Morgan fingerprint density at radius 3 is 2.48 bits per heavy atom. The summed E-state index contributed by atoms with van der Waals surface area (Å²) in [6.07, 6.45) is 0.636. The van der Waals surface area contributed by atoms with Crippen molar-refractivity contribution in [2.24, 2.45) is 0 Å². The number of fused-ring (bicyclic) bond motifs is 2. The van der Waals surface area contributed by atoms with Crippen molar-refractivity contribution in [1.29, 1.82) is 0 Å². The van der Waals surface area contributed by atoms with Crippen molar-refractivity contribution in [2.75, 3.05) is 20.3 Å². The van der Waals surface area contributed by atoms with Crippen LogP contribution in [0.25, 0.3) is 11.0 Å². The summed E-state index contributed by atoms with van der Waals surface area (Å²) < 4.78 is 11.1. The number of carbonyl (C=O) groups is 1. The maximum absolute atomic E-state index is 13.4. The molecule has 2 heterocycles. The molecule has 0 aliphatic carbocycles. The number of phenols is 1. The summed E-state index contributed by atoms with van der Waals surface area (Å²) >= 11 is 0. The van der Waals surface area contributed by atoms with E-state index in [1.54, 1.807) is 36.3 Å². The lowest BCUT2D eigenvalue weighted by Gasteiger charge is -2.25. The molecule has 1 aliphatic rings. The summed E-state index contributed by atoms with van der Waals surface area (Å²) in [6.45, 7) is 4.82. The minimum atomic E-state index is -0.558. The molecule has 1 aliphatic heterocycles. The van der Waals surface area contributed by atoms with Crippen molar-refractivity contribution in [3.05, 3.63) is 74.6 Å². The molecule has 150 valence electrons. The predicted octanol–water partition coefficient (Wildman–Crippen LogP) is 3.70. The first kappa shape index (κ1) is 19.2. The Bertz CT molecular complexity index is 1150. The topological polar surface area (TPSA) is 80.0 Å². The number of hydrogen-bond acceptors (Lipinski definition) is 5. The average molecular weight is 393 g/mol. The van der Waals surface area contributed by atoms with Crippen LogP contribution in [-0.4, -0.2) is 36.2 Å². The van der Waals surface area contributed by atoms with E-state index in [9.17, 15) is 14.7 Å². The van der Waals surface area contributed by atoms with E-state index in [0.717, 1.165) is 16.7 Å². The molecule has 0 saturated heterocycles. The molecule has 1 aromatic heterocycles. The summed E-state index contributed by atoms with van der Waals surface area (Å²) in [4.78, 5) is 28.3. The highest BCUT2D eigenvalue weighted by molar-refractivity contribution is 5.99. The van der Waals surface area contributed by atoms with Crippen LogP contribution >= 0.6 is 0 Å². The number of benzene rings is 2. The van der Waals surface area contributed by atoms with E-state index in [-0.39, 0.29) is 22.8 Å². The SMILES string of the molecule is COCCCN1C(=O)c2oc3cc(C)c(C)cc3c(=O)c2C1c1ccc(O)cc1. The predicted molar refractivity (Wildman–Crippen MR) is 109 cm³/mol. The number of rotatable bonds is 5. The van der Waals surface area contributed by atoms with Gasteiger partial charge >= 0.3 is 0 Å². The van der Waals surface area contributed by atoms with Crippen molar-refractivity contribution in [1.82, 2.24) is 4.90 Å². The maximum atomic E-state index is 13.4. The zero-order valence-electron chi connectivity index (χ0n) is 16.7. The number of hydrogen-bond donors (Lipinski definition) is 1. The van der Waals surface area contributed by atoms with Gasteiger partial charge in [0.1, 0.15) is 11.3 Å². The second kappa shape index (κ2) is 7.37. The molecule has 0 bridgehead atoms. The molecule has 1 atom stereocenters. The Kier molecular flexibility index (Phi) is 4.88. The zero-order valence-corrected chi connectivity index (χ0v) is 16.7. The third-order valence-electron chi connectivity index (χ3n) is 5.54.